The maximum Gasteiger partial charge on any atom is 0.303 e. The van der Waals surface area contributed by atoms with E-state index in [1.165, 1.54) is 11.9 Å². The first-order valence-corrected chi connectivity index (χ1v) is 5.20. The number of hydrogen-bond donors (Lipinski definition) is 1. The fraction of sp³-hybridized carbons (Fsp3) is 0.333. The number of nitrogens with one attached hydrogen (secondary N) is 1. The first kappa shape index (κ1) is 13.2. The molecule has 0 saturated heterocycles. The van der Waals surface area contributed by atoms with Gasteiger partial charge in [-0.15, -0.1) is 0 Å². The van der Waals surface area contributed by atoms with Crippen molar-refractivity contribution in [1.82, 2.24) is 10.4 Å². The molecule has 5 nitrogen and oxygen atoms in total. The largest absolute Gasteiger partial charge is 0.447 e. The van der Waals surface area contributed by atoms with E-state index in [4.69, 9.17) is 4.74 Å². The summed E-state index contributed by atoms with van der Waals surface area (Å²) in [6, 6.07) is 8.88. The number of rotatable bonds is 4. The summed E-state index contributed by atoms with van der Waals surface area (Å²) in [6.45, 7) is 1.28. The summed E-state index contributed by atoms with van der Waals surface area (Å²) < 4.78 is 5.02. The van der Waals surface area contributed by atoms with Gasteiger partial charge in [0.1, 0.15) is 0 Å². The first-order chi connectivity index (χ1) is 8.00. The van der Waals surface area contributed by atoms with E-state index in [0.717, 1.165) is 0 Å². The predicted molar refractivity (Wildman–Crippen MR) is 62.8 cm³/mol. The van der Waals surface area contributed by atoms with Gasteiger partial charge in [0.25, 0.3) is 5.91 Å². The highest BCUT2D eigenvalue weighted by Gasteiger charge is 2.23. The first-order valence-electron chi connectivity index (χ1n) is 5.20. The van der Waals surface area contributed by atoms with E-state index in [-0.39, 0.29) is 5.91 Å². The fourth-order valence-electron chi connectivity index (χ4n) is 1.35. The molecule has 0 radical (unpaired) electrons. The molecule has 92 valence electrons. The van der Waals surface area contributed by atoms with Gasteiger partial charge in [0.2, 0.25) is 6.10 Å². The summed E-state index contributed by atoms with van der Waals surface area (Å²) in [6.07, 6.45) is -0.920. The topological polar surface area (TPSA) is 58.6 Å². The van der Waals surface area contributed by atoms with Crippen LogP contribution in [0.15, 0.2) is 30.3 Å². The van der Waals surface area contributed by atoms with Gasteiger partial charge in [-0.25, -0.2) is 5.01 Å². The number of esters is 1. The Morgan fingerprint density at radius 2 is 1.82 bits per heavy atom. The van der Waals surface area contributed by atoms with E-state index in [1.54, 1.807) is 38.4 Å². The Kier molecular flexibility index (Phi) is 4.66. The number of amides is 1. The average molecular weight is 236 g/mol. The molecular weight excluding hydrogens is 220 g/mol. The maximum absolute atomic E-state index is 11.9. The molecule has 17 heavy (non-hydrogen) atoms. The Morgan fingerprint density at radius 3 is 2.29 bits per heavy atom. The van der Waals surface area contributed by atoms with Gasteiger partial charge in [0.05, 0.1) is 0 Å². The molecule has 1 rings (SSSR count). The van der Waals surface area contributed by atoms with Crippen molar-refractivity contribution in [2.45, 2.75) is 13.0 Å². The molecule has 0 heterocycles. The zero-order valence-corrected chi connectivity index (χ0v) is 10.1. The summed E-state index contributed by atoms with van der Waals surface area (Å²) >= 11 is 0. The lowest BCUT2D eigenvalue weighted by atomic mass is 10.1. The zero-order chi connectivity index (χ0) is 12.8. The van der Waals surface area contributed by atoms with Crippen LogP contribution in [0.3, 0.4) is 0 Å². The van der Waals surface area contributed by atoms with Crippen LogP contribution in [0, 0.1) is 0 Å². The Labute approximate surface area is 100 Å². The molecule has 1 amide bonds. The average Bonchev–Trinajstić information content (AvgIpc) is 2.25. The van der Waals surface area contributed by atoms with E-state index in [0.29, 0.717) is 5.56 Å². The van der Waals surface area contributed by atoms with Crippen molar-refractivity contribution < 1.29 is 14.3 Å². The number of benzene rings is 1. The molecule has 0 aliphatic rings. The summed E-state index contributed by atoms with van der Waals surface area (Å²) in [7, 11) is 3.38. The van der Waals surface area contributed by atoms with Gasteiger partial charge in [-0.1, -0.05) is 30.3 Å². The Hall–Kier alpha value is -1.88. The molecule has 5 heteroatoms. The highest BCUT2D eigenvalue weighted by Crippen LogP contribution is 2.17. The fourth-order valence-corrected chi connectivity index (χ4v) is 1.35. The van der Waals surface area contributed by atoms with Crippen LogP contribution < -0.4 is 5.43 Å². The molecule has 0 unspecified atom stereocenters. The highest BCUT2D eigenvalue weighted by atomic mass is 16.5. The van der Waals surface area contributed by atoms with Gasteiger partial charge >= 0.3 is 5.97 Å². The standard InChI is InChI=1S/C12H16N2O3/c1-9(15)17-11(12(16)13-14(2)3)10-7-5-4-6-8-10/h4-8,11H,1-3H3,(H,13,16)/t11-/m1/s1. The second-order valence-electron chi connectivity index (χ2n) is 3.77. The summed E-state index contributed by atoms with van der Waals surface area (Å²) in [5.41, 5.74) is 3.20. The van der Waals surface area contributed by atoms with Crippen molar-refractivity contribution in [1.29, 1.82) is 0 Å². The smallest absolute Gasteiger partial charge is 0.303 e. The van der Waals surface area contributed by atoms with Gasteiger partial charge in [0, 0.05) is 26.6 Å². The van der Waals surface area contributed by atoms with Crippen molar-refractivity contribution >= 4 is 11.9 Å². The molecule has 0 aliphatic heterocycles. The number of ether oxygens (including phenoxy) is 1. The lowest BCUT2D eigenvalue weighted by molar-refractivity contribution is -0.156. The number of carbonyl (C=O) groups excluding carboxylic acids is 2. The molecular formula is C12H16N2O3. The number of carbonyl (C=O) groups is 2. The van der Waals surface area contributed by atoms with Crippen molar-refractivity contribution in [3.8, 4) is 0 Å². The summed E-state index contributed by atoms with van der Waals surface area (Å²) in [5.74, 6) is -0.871. The molecule has 0 fully saturated rings. The summed E-state index contributed by atoms with van der Waals surface area (Å²) in [4.78, 5) is 22.9. The van der Waals surface area contributed by atoms with E-state index >= 15 is 0 Å². The van der Waals surface area contributed by atoms with Crippen molar-refractivity contribution in [3.63, 3.8) is 0 Å². The minimum Gasteiger partial charge on any atom is -0.447 e. The Morgan fingerprint density at radius 1 is 1.24 bits per heavy atom. The Bertz CT molecular complexity index is 390. The minimum atomic E-state index is -0.920. The molecule has 1 atom stereocenters. The van der Waals surface area contributed by atoms with E-state index in [2.05, 4.69) is 5.43 Å². The summed E-state index contributed by atoms with van der Waals surface area (Å²) in [5, 5.41) is 1.50. The third-order valence-electron chi connectivity index (χ3n) is 1.96. The number of hydrazine groups is 1. The van der Waals surface area contributed by atoms with Crippen LogP contribution >= 0.6 is 0 Å². The molecule has 1 aromatic rings. The third-order valence-corrected chi connectivity index (χ3v) is 1.96. The van der Waals surface area contributed by atoms with Crippen LogP contribution in [-0.2, 0) is 14.3 Å². The SMILES string of the molecule is CC(=O)O[C@@H](C(=O)NN(C)C)c1ccccc1. The number of nitrogens with zero attached hydrogens (tertiary/aromatic N) is 1. The molecule has 1 N–H and O–H groups in total. The van der Waals surface area contributed by atoms with Gasteiger partial charge in [0.15, 0.2) is 0 Å². The molecule has 0 aliphatic carbocycles. The predicted octanol–water partition coefficient (Wildman–Crippen LogP) is 0.884. The monoisotopic (exact) mass is 236 g/mol. The molecule has 0 spiro atoms. The van der Waals surface area contributed by atoms with Crippen LogP contribution in [0.5, 0.6) is 0 Å². The van der Waals surface area contributed by atoms with Crippen LogP contribution in [0.25, 0.3) is 0 Å². The van der Waals surface area contributed by atoms with Gasteiger partial charge in [-0.05, 0) is 0 Å². The maximum atomic E-state index is 11.9. The van der Waals surface area contributed by atoms with Crippen LogP contribution in [0.2, 0.25) is 0 Å². The molecule has 0 saturated carbocycles. The lowest BCUT2D eigenvalue weighted by Gasteiger charge is -2.19. The van der Waals surface area contributed by atoms with E-state index in [1.807, 2.05) is 6.07 Å². The second-order valence-corrected chi connectivity index (χ2v) is 3.77. The van der Waals surface area contributed by atoms with E-state index < -0.39 is 12.1 Å². The molecule has 1 aromatic carbocycles. The van der Waals surface area contributed by atoms with Crippen LogP contribution in [-0.4, -0.2) is 31.0 Å². The van der Waals surface area contributed by atoms with Crippen LogP contribution in [0.4, 0.5) is 0 Å². The van der Waals surface area contributed by atoms with E-state index in [9.17, 15) is 9.59 Å². The normalized spacial score (nSPS) is 12.0. The minimum absolute atomic E-state index is 0.378. The lowest BCUT2D eigenvalue weighted by Crippen LogP contribution is -2.40. The Balaban J connectivity index is 2.88. The highest BCUT2D eigenvalue weighted by molar-refractivity contribution is 5.84. The van der Waals surface area contributed by atoms with Crippen LogP contribution in [0.1, 0.15) is 18.6 Å². The van der Waals surface area contributed by atoms with Crippen molar-refractivity contribution in [3.05, 3.63) is 35.9 Å². The van der Waals surface area contributed by atoms with Gasteiger partial charge in [-0.3, -0.25) is 15.0 Å². The van der Waals surface area contributed by atoms with Gasteiger partial charge in [-0.2, -0.15) is 0 Å². The van der Waals surface area contributed by atoms with Crippen molar-refractivity contribution in [2.24, 2.45) is 0 Å². The molecule has 0 bridgehead atoms. The number of hydrogen-bond acceptors (Lipinski definition) is 4. The third kappa shape index (κ3) is 4.24. The zero-order valence-electron chi connectivity index (χ0n) is 10.1. The van der Waals surface area contributed by atoms with Gasteiger partial charge < -0.3 is 4.74 Å². The quantitative estimate of drug-likeness (QED) is 0.623. The second kappa shape index (κ2) is 6.00. The van der Waals surface area contributed by atoms with Crippen molar-refractivity contribution in [2.75, 3.05) is 14.1 Å². The molecule has 0 aromatic heterocycles.